The van der Waals surface area contributed by atoms with Gasteiger partial charge in [-0.15, -0.1) is 0 Å². The van der Waals surface area contributed by atoms with Gasteiger partial charge in [0.2, 0.25) is 0 Å². The van der Waals surface area contributed by atoms with Crippen molar-refractivity contribution in [1.29, 1.82) is 0 Å². The summed E-state index contributed by atoms with van der Waals surface area (Å²) in [6.07, 6.45) is -4.62. The number of likely N-dealkylation sites (tertiary alicyclic amines) is 1. The van der Waals surface area contributed by atoms with Crippen LogP contribution in [0.1, 0.15) is 27.9 Å². The molecular formula is C25H20ClF3N4O3. The van der Waals surface area contributed by atoms with Gasteiger partial charge in [-0.2, -0.15) is 13.2 Å². The first-order valence-corrected chi connectivity index (χ1v) is 11.2. The van der Waals surface area contributed by atoms with E-state index < -0.39 is 30.2 Å². The van der Waals surface area contributed by atoms with Gasteiger partial charge in [-0.1, -0.05) is 35.6 Å². The van der Waals surface area contributed by atoms with Crippen molar-refractivity contribution in [1.82, 2.24) is 9.88 Å². The number of nitrogens with two attached hydrogens (primary N) is 2. The van der Waals surface area contributed by atoms with Gasteiger partial charge in [0, 0.05) is 45.7 Å². The predicted molar refractivity (Wildman–Crippen MR) is 128 cm³/mol. The van der Waals surface area contributed by atoms with Crippen LogP contribution < -0.4 is 11.5 Å². The lowest BCUT2D eigenvalue weighted by Gasteiger charge is -2.36. The van der Waals surface area contributed by atoms with E-state index in [0.717, 1.165) is 10.8 Å². The molecule has 2 unspecified atom stereocenters. The van der Waals surface area contributed by atoms with Crippen LogP contribution in [0.4, 0.5) is 19.0 Å². The molecule has 4 N–H and O–H groups in total. The summed E-state index contributed by atoms with van der Waals surface area (Å²) in [6.45, 7) is -0.0500. The minimum Gasteiger partial charge on any atom is -0.452 e. The Hall–Kier alpha value is -3.81. The lowest BCUT2D eigenvalue weighted by molar-refractivity contribution is -0.207. The molecule has 0 radical (unpaired) electrons. The number of hydrogen-bond donors (Lipinski definition) is 2. The van der Waals surface area contributed by atoms with Gasteiger partial charge in [0.1, 0.15) is 11.9 Å². The molecule has 186 valence electrons. The first-order valence-electron chi connectivity index (χ1n) is 10.8. The smallest absolute Gasteiger partial charge is 0.452 e. The average Bonchev–Trinajstić information content (AvgIpc) is 2.84. The van der Waals surface area contributed by atoms with Crippen LogP contribution in [0.2, 0.25) is 5.02 Å². The summed E-state index contributed by atoms with van der Waals surface area (Å²) in [5.41, 5.74) is 13.1. The third kappa shape index (κ3) is 5.53. The molecule has 3 aromatic rings. The first-order chi connectivity index (χ1) is 17.0. The summed E-state index contributed by atoms with van der Waals surface area (Å²) in [4.78, 5) is 29.8. The Morgan fingerprint density at radius 3 is 2.69 bits per heavy atom. The van der Waals surface area contributed by atoms with Gasteiger partial charge in [0.05, 0.1) is 12.1 Å². The molecule has 36 heavy (non-hydrogen) atoms. The van der Waals surface area contributed by atoms with Crippen molar-refractivity contribution in [2.45, 2.75) is 24.7 Å². The average molecular weight is 517 g/mol. The molecule has 1 aromatic heterocycles. The number of piperidine rings is 1. The number of ether oxygens (including phenoxy) is 1. The number of pyridine rings is 1. The van der Waals surface area contributed by atoms with Crippen LogP contribution in [-0.2, 0) is 9.53 Å². The molecule has 2 aromatic carbocycles. The van der Waals surface area contributed by atoms with E-state index >= 15 is 0 Å². The minimum absolute atomic E-state index is 0.178. The Morgan fingerprint density at radius 2 is 1.94 bits per heavy atom. The van der Waals surface area contributed by atoms with E-state index in [1.807, 2.05) is 0 Å². The zero-order valence-corrected chi connectivity index (χ0v) is 19.4. The highest BCUT2D eigenvalue weighted by Gasteiger charge is 2.44. The summed E-state index contributed by atoms with van der Waals surface area (Å²) < 4.78 is 42.3. The van der Waals surface area contributed by atoms with Crippen molar-refractivity contribution >= 4 is 40.1 Å². The Balaban J connectivity index is 1.55. The van der Waals surface area contributed by atoms with Crippen LogP contribution in [-0.4, -0.2) is 53.2 Å². The standard InChI is InChI=1S/C25H20ClF3N4O3/c26-17-6-5-16-12-32-22(31)18(19(16)11-17)7-4-14-2-1-3-15(10-14)23(34)33-9-8-20(30)21(13-33)36-24(35)25(27,28)29/h1-3,5-6,10-12,20-21H,8-9,13,30H2,(H2,31,32). The summed E-state index contributed by atoms with van der Waals surface area (Å²) in [6, 6.07) is 10.9. The SMILES string of the molecule is Nc1ncc2ccc(Cl)cc2c1C#Cc1cccc(C(=O)N2CCC(N)C(OC(=O)C(F)(F)F)C2)c1. The number of esters is 1. The summed E-state index contributed by atoms with van der Waals surface area (Å²) in [5.74, 6) is 3.41. The third-order valence-corrected chi connectivity index (χ3v) is 5.95. The molecule has 0 aliphatic carbocycles. The molecule has 1 saturated heterocycles. The largest absolute Gasteiger partial charge is 0.490 e. The second-order valence-corrected chi connectivity index (χ2v) is 8.66. The van der Waals surface area contributed by atoms with Crippen molar-refractivity contribution in [3.63, 3.8) is 0 Å². The van der Waals surface area contributed by atoms with Crippen LogP contribution in [0.15, 0.2) is 48.7 Å². The molecule has 2 atom stereocenters. The first kappa shape index (κ1) is 25.3. The molecule has 11 heteroatoms. The number of hydrogen-bond acceptors (Lipinski definition) is 6. The number of benzene rings is 2. The van der Waals surface area contributed by atoms with Gasteiger partial charge in [0.15, 0.2) is 0 Å². The lowest BCUT2D eigenvalue weighted by Crippen LogP contribution is -2.54. The highest BCUT2D eigenvalue weighted by Crippen LogP contribution is 2.25. The maximum atomic E-state index is 13.1. The van der Waals surface area contributed by atoms with Crippen LogP contribution in [0.3, 0.4) is 0 Å². The van der Waals surface area contributed by atoms with Crippen LogP contribution in [0, 0.1) is 11.8 Å². The maximum absolute atomic E-state index is 13.1. The number of nitrogen functional groups attached to an aromatic ring is 1. The van der Waals surface area contributed by atoms with Crippen molar-refractivity contribution in [2.75, 3.05) is 18.8 Å². The summed E-state index contributed by atoms with van der Waals surface area (Å²) >= 11 is 6.12. The Labute approximate surface area is 209 Å². The number of amides is 1. The topological polar surface area (TPSA) is 112 Å². The number of alkyl halides is 3. The van der Waals surface area contributed by atoms with E-state index in [1.54, 1.807) is 48.7 Å². The molecule has 2 heterocycles. The monoisotopic (exact) mass is 516 g/mol. The molecule has 7 nitrogen and oxygen atoms in total. The lowest BCUT2D eigenvalue weighted by atomic mass is 10.0. The van der Waals surface area contributed by atoms with E-state index in [9.17, 15) is 22.8 Å². The quantitative estimate of drug-likeness (QED) is 0.398. The summed E-state index contributed by atoms with van der Waals surface area (Å²) in [5, 5.41) is 2.06. The molecule has 1 aliphatic rings. The fourth-order valence-electron chi connectivity index (χ4n) is 3.83. The Kier molecular flexibility index (Phi) is 7.06. The fraction of sp³-hybridized carbons (Fsp3) is 0.240. The van der Waals surface area contributed by atoms with Crippen molar-refractivity contribution in [3.8, 4) is 11.8 Å². The molecule has 1 fully saturated rings. The molecule has 0 bridgehead atoms. The predicted octanol–water partition coefficient (Wildman–Crippen LogP) is 3.52. The van der Waals surface area contributed by atoms with Crippen molar-refractivity contribution < 1.29 is 27.5 Å². The van der Waals surface area contributed by atoms with Gasteiger partial charge in [-0.05, 0) is 36.8 Å². The molecule has 4 rings (SSSR count). The number of carbonyl (C=O) groups excluding carboxylic acids is 2. The molecular weight excluding hydrogens is 497 g/mol. The normalized spacial score (nSPS) is 17.9. The number of halogens is 4. The van der Waals surface area contributed by atoms with Crippen LogP contribution in [0.25, 0.3) is 10.8 Å². The van der Waals surface area contributed by atoms with Crippen LogP contribution in [0.5, 0.6) is 0 Å². The molecule has 0 saturated carbocycles. The van der Waals surface area contributed by atoms with E-state index in [1.165, 1.54) is 4.90 Å². The van der Waals surface area contributed by atoms with Crippen molar-refractivity contribution in [3.05, 3.63) is 70.4 Å². The number of carbonyl (C=O) groups is 2. The number of anilines is 1. The highest BCUT2D eigenvalue weighted by molar-refractivity contribution is 6.31. The van der Waals surface area contributed by atoms with Gasteiger partial charge >= 0.3 is 12.1 Å². The Bertz CT molecular complexity index is 1400. The number of aromatic nitrogens is 1. The third-order valence-electron chi connectivity index (χ3n) is 5.71. The molecule has 1 amide bonds. The minimum atomic E-state index is -5.15. The van der Waals surface area contributed by atoms with Gasteiger partial charge in [-0.25, -0.2) is 9.78 Å². The zero-order valence-electron chi connectivity index (χ0n) is 18.7. The van der Waals surface area contributed by atoms with E-state index in [4.69, 9.17) is 23.1 Å². The molecule has 0 spiro atoms. The van der Waals surface area contributed by atoms with Gasteiger partial charge in [0.25, 0.3) is 5.91 Å². The molecule has 1 aliphatic heterocycles. The Morgan fingerprint density at radius 1 is 1.17 bits per heavy atom. The second-order valence-electron chi connectivity index (χ2n) is 8.23. The number of fused-ring (bicyclic) bond motifs is 1. The second kappa shape index (κ2) is 10.0. The van der Waals surface area contributed by atoms with Gasteiger partial charge in [-0.3, -0.25) is 4.79 Å². The number of nitrogens with zero attached hydrogens (tertiary/aromatic N) is 2. The zero-order chi connectivity index (χ0) is 26.0. The van der Waals surface area contributed by atoms with E-state index in [0.29, 0.717) is 16.1 Å². The maximum Gasteiger partial charge on any atom is 0.490 e. The van der Waals surface area contributed by atoms with Crippen LogP contribution >= 0.6 is 11.6 Å². The number of rotatable bonds is 2. The van der Waals surface area contributed by atoms with Gasteiger partial charge < -0.3 is 21.1 Å². The van der Waals surface area contributed by atoms with Crippen molar-refractivity contribution in [2.24, 2.45) is 5.73 Å². The van der Waals surface area contributed by atoms with E-state index in [-0.39, 0.29) is 30.9 Å². The summed E-state index contributed by atoms with van der Waals surface area (Å²) in [7, 11) is 0. The fourth-order valence-corrected chi connectivity index (χ4v) is 4.00. The highest BCUT2D eigenvalue weighted by atomic mass is 35.5. The van der Waals surface area contributed by atoms with E-state index in [2.05, 4.69) is 21.6 Å².